The van der Waals surface area contributed by atoms with Crippen molar-refractivity contribution in [3.05, 3.63) is 29.6 Å². The zero-order chi connectivity index (χ0) is 15.3. The first-order chi connectivity index (χ1) is 9.21. The first kappa shape index (κ1) is 16.1. The SMILES string of the molecule is Cc1cccnc1CC(=O)N(CCC(=O)O)C(C)(C)C. The first-order valence-corrected chi connectivity index (χ1v) is 6.64. The third-order valence-corrected chi connectivity index (χ3v) is 3.10. The highest BCUT2D eigenvalue weighted by molar-refractivity contribution is 5.80. The predicted molar refractivity (Wildman–Crippen MR) is 76.4 cm³/mol. The predicted octanol–water partition coefficient (Wildman–Crippen LogP) is 2.03. The van der Waals surface area contributed by atoms with Crippen LogP contribution >= 0.6 is 0 Å². The fourth-order valence-electron chi connectivity index (χ4n) is 1.98. The maximum Gasteiger partial charge on any atom is 0.305 e. The highest BCUT2D eigenvalue weighted by atomic mass is 16.4. The molecule has 0 bridgehead atoms. The van der Waals surface area contributed by atoms with Gasteiger partial charge in [-0.3, -0.25) is 14.6 Å². The van der Waals surface area contributed by atoms with Crippen molar-refractivity contribution in [1.82, 2.24) is 9.88 Å². The molecule has 1 amide bonds. The Kier molecular flexibility index (Phi) is 5.25. The van der Waals surface area contributed by atoms with Gasteiger partial charge in [-0.25, -0.2) is 0 Å². The zero-order valence-electron chi connectivity index (χ0n) is 12.5. The van der Waals surface area contributed by atoms with Gasteiger partial charge in [-0.05, 0) is 39.3 Å². The number of aromatic nitrogens is 1. The van der Waals surface area contributed by atoms with Crippen LogP contribution in [0.25, 0.3) is 0 Å². The van der Waals surface area contributed by atoms with Gasteiger partial charge in [0.25, 0.3) is 0 Å². The molecule has 0 saturated heterocycles. The van der Waals surface area contributed by atoms with Gasteiger partial charge in [-0.1, -0.05) is 6.07 Å². The molecule has 0 saturated carbocycles. The van der Waals surface area contributed by atoms with Crippen LogP contribution in [-0.4, -0.2) is 39.0 Å². The highest BCUT2D eigenvalue weighted by Crippen LogP contribution is 2.16. The molecule has 0 spiro atoms. The Balaban J connectivity index is 2.83. The van der Waals surface area contributed by atoms with Crippen molar-refractivity contribution in [1.29, 1.82) is 0 Å². The summed E-state index contributed by atoms with van der Waals surface area (Å²) in [5.74, 6) is -0.999. The van der Waals surface area contributed by atoms with Crippen LogP contribution in [0.15, 0.2) is 18.3 Å². The van der Waals surface area contributed by atoms with Gasteiger partial charge in [-0.15, -0.1) is 0 Å². The summed E-state index contributed by atoms with van der Waals surface area (Å²) in [6, 6.07) is 3.74. The number of amides is 1. The van der Waals surface area contributed by atoms with Crippen LogP contribution in [0.2, 0.25) is 0 Å². The van der Waals surface area contributed by atoms with Gasteiger partial charge in [0.05, 0.1) is 18.5 Å². The van der Waals surface area contributed by atoms with E-state index in [1.54, 1.807) is 11.1 Å². The molecule has 0 aliphatic carbocycles. The van der Waals surface area contributed by atoms with E-state index >= 15 is 0 Å². The van der Waals surface area contributed by atoms with E-state index in [0.717, 1.165) is 11.3 Å². The molecule has 0 atom stereocenters. The van der Waals surface area contributed by atoms with Crippen molar-refractivity contribution in [2.45, 2.75) is 46.1 Å². The Morgan fingerprint density at radius 1 is 1.35 bits per heavy atom. The van der Waals surface area contributed by atoms with Crippen LogP contribution in [0.4, 0.5) is 0 Å². The first-order valence-electron chi connectivity index (χ1n) is 6.64. The lowest BCUT2D eigenvalue weighted by atomic mass is 10.0. The highest BCUT2D eigenvalue weighted by Gasteiger charge is 2.27. The van der Waals surface area contributed by atoms with Gasteiger partial charge < -0.3 is 10.0 Å². The monoisotopic (exact) mass is 278 g/mol. The van der Waals surface area contributed by atoms with Gasteiger partial charge in [0, 0.05) is 18.3 Å². The number of pyridine rings is 1. The average molecular weight is 278 g/mol. The molecule has 1 rings (SSSR count). The lowest BCUT2D eigenvalue weighted by molar-refractivity contribution is -0.140. The molecule has 20 heavy (non-hydrogen) atoms. The van der Waals surface area contributed by atoms with E-state index < -0.39 is 11.5 Å². The largest absolute Gasteiger partial charge is 0.481 e. The molecule has 0 radical (unpaired) electrons. The molecule has 1 N–H and O–H groups in total. The summed E-state index contributed by atoms with van der Waals surface area (Å²) in [6.45, 7) is 7.83. The van der Waals surface area contributed by atoms with Crippen molar-refractivity contribution >= 4 is 11.9 Å². The average Bonchev–Trinajstić information content (AvgIpc) is 2.30. The maximum atomic E-state index is 12.4. The van der Waals surface area contributed by atoms with Crippen LogP contribution in [-0.2, 0) is 16.0 Å². The van der Waals surface area contributed by atoms with Crippen molar-refractivity contribution < 1.29 is 14.7 Å². The van der Waals surface area contributed by atoms with E-state index in [1.807, 2.05) is 39.8 Å². The summed E-state index contributed by atoms with van der Waals surface area (Å²) >= 11 is 0. The van der Waals surface area contributed by atoms with Gasteiger partial charge in [-0.2, -0.15) is 0 Å². The number of aryl methyl sites for hydroxylation is 1. The van der Waals surface area contributed by atoms with Crippen LogP contribution in [0.5, 0.6) is 0 Å². The number of carboxylic acid groups (broad SMARTS) is 1. The molecule has 1 heterocycles. The summed E-state index contributed by atoms with van der Waals surface area (Å²) in [6.07, 6.45) is 1.81. The normalized spacial score (nSPS) is 11.2. The molecular weight excluding hydrogens is 256 g/mol. The number of carbonyl (C=O) groups excluding carboxylic acids is 1. The topological polar surface area (TPSA) is 70.5 Å². The standard InChI is InChI=1S/C15H22N2O3/c1-11-6-5-8-16-12(11)10-13(18)17(15(2,3)4)9-7-14(19)20/h5-6,8H,7,9-10H2,1-4H3,(H,19,20). The number of rotatable bonds is 5. The fraction of sp³-hybridized carbons (Fsp3) is 0.533. The number of nitrogens with zero attached hydrogens (tertiary/aromatic N) is 2. The minimum atomic E-state index is -0.902. The summed E-state index contributed by atoms with van der Waals surface area (Å²) in [7, 11) is 0. The Morgan fingerprint density at radius 3 is 2.50 bits per heavy atom. The second kappa shape index (κ2) is 6.50. The Labute approximate surface area is 119 Å². The molecular formula is C15H22N2O3. The molecule has 0 unspecified atom stereocenters. The molecule has 0 aliphatic heterocycles. The zero-order valence-corrected chi connectivity index (χ0v) is 12.5. The van der Waals surface area contributed by atoms with Gasteiger partial charge in [0.2, 0.25) is 5.91 Å². The molecule has 1 aromatic rings. The van der Waals surface area contributed by atoms with Crippen molar-refractivity contribution in [2.75, 3.05) is 6.54 Å². The molecule has 5 nitrogen and oxygen atoms in total. The van der Waals surface area contributed by atoms with Crippen LogP contribution in [0.3, 0.4) is 0 Å². The minimum Gasteiger partial charge on any atom is -0.481 e. The molecule has 0 fully saturated rings. The van der Waals surface area contributed by atoms with E-state index in [2.05, 4.69) is 4.98 Å². The van der Waals surface area contributed by atoms with Crippen LogP contribution in [0.1, 0.15) is 38.4 Å². The number of hydrogen-bond donors (Lipinski definition) is 1. The second-order valence-electron chi connectivity index (χ2n) is 5.80. The van der Waals surface area contributed by atoms with Crippen LogP contribution in [0, 0.1) is 6.92 Å². The Bertz CT molecular complexity index is 492. The second-order valence-corrected chi connectivity index (χ2v) is 5.80. The van der Waals surface area contributed by atoms with Gasteiger partial charge >= 0.3 is 5.97 Å². The molecule has 1 aromatic heterocycles. The van der Waals surface area contributed by atoms with Crippen molar-refractivity contribution in [3.8, 4) is 0 Å². The van der Waals surface area contributed by atoms with E-state index in [-0.39, 0.29) is 25.3 Å². The van der Waals surface area contributed by atoms with Crippen LogP contribution < -0.4 is 0 Å². The van der Waals surface area contributed by atoms with E-state index in [4.69, 9.17) is 5.11 Å². The fourth-order valence-corrected chi connectivity index (χ4v) is 1.98. The smallest absolute Gasteiger partial charge is 0.305 e. The van der Waals surface area contributed by atoms with E-state index in [0.29, 0.717) is 0 Å². The molecule has 0 aliphatic rings. The summed E-state index contributed by atoms with van der Waals surface area (Å²) in [5, 5.41) is 8.79. The van der Waals surface area contributed by atoms with Gasteiger partial charge in [0.1, 0.15) is 0 Å². The van der Waals surface area contributed by atoms with E-state index in [9.17, 15) is 9.59 Å². The van der Waals surface area contributed by atoms with Crippen molar-refractivity contribution in [2.24, 2.45) is 0 Å². The lowest BCUT2D eigenvalue weighted by Gasteiger charge is -2.35. The van der Waals surface area contributed by atoms with Crippen molar-refractivity contribution in [3.63, 3.8) is 0 Å². The number of carbonyl (C=O) groups is 2. The van der Waals surface area contributed by atoms with E-state index in [1.165, 1.54) is 0 Å². The molecule has 0 aromatic carbocycles. The maximum absolute atomic E-state index is 12.4. The van der Waals surface area contributed by atoms with Gasteiger partial charge in [0.15, 0.2) is 0 Å². The summed E-state index contributed by atoms with van der Waals surface area (Å²) < 4.78 is 0. The number of carboxylic acids is 1. The molecule has 110 valence electrons. The summed E-state index contributed by atoms with van der Waals surface area (Å²) in [4.78, 5) is 29.0. The Hall–Kier alpha value is -1.91. The third kappa shape index (κ3) is 4.64. The Morgan fingerprint density at radius 2 is 2.00 bits per heavy atom. The quantitative estimate of drug-likeness (QED) is 0.894. The minimum absolute atomic E-state index is 0.0514. The number of aliphatic carboxylic acids is 1. The summed E-state index contributed by atoms with van der Waals surface area (Å²) in [5.41, 5.74) is 1.30. The molecule has 5 heteroatoms. The lowest BCUT2D eigenvalue weighted by Crippen LogP contribution is -2.47. The number of hydrogen-bond acceptors (Lipinski definition) is 3. The third-order valence-electron chi connectivity index (χ3n) is 3.10.